The van der Waals surface area contributed by atoms with Crippen molar-refractivity contribution in [3.63, 3.8) is 0 Å². The Labute approximate surface area is 166 Å². The first-order valence-corrected chi connectivity index (χ1v) is 9.17. The van der Waals surface area contributed by atoms with Crippen LogP contribution in [0.15, 0.2) is 47.6 Å². The molecule has 0 saturated heterocycles. The Morgan fingerprint density at radius 3 is 2.77 bits per heavy atom. The fraction of sp³-hybridized carbons (Fsp3) is 0.263. The highest BCUT2D eigenvalue weighted by atomic mass is 127. The molecule has 7 heteroatoms. The van der Waals surface area contributed by atoms with Crippen molar-refractivity contribution in [1.82, 2.24) is 0 Å². The van der Waals surface area contributed by atoms with Crippen molar-refractivity contribution >= 4 is 40.4 Å². The number of methoxy groups -OCH3 is 1. The minimum atomic E-state index is -0.728. The van der Waals surface area contributed by atoms with E-state index in [1.807, 2.05) is 37.3 Å². The van der Waals surface area contributed by atoms with E-state index < -0.39 is 6.10 Å². The molecule has 0 fully saturated rings. The van der Waals surface area contributed by atoms with Crippen molar-refractivity contribution in [2.45, 2.75) is 20.0 Å². The molecule has 2 rings (SSSR count). The van der Waals surface area contributed by atoms with E-state index >= 15 is 0 Å². The summed E-state index contributed by atoms with van der Waals surface area (Å²) in [6, 6.07) is 12.9. The molecule has 2 aromatic carbocycles. The van der Waals surface area contributed by atoms with Gasteiger partial charge in [0.1, 0.15) is 0 Å². The highest BCUT2D eigenvalue weighted by Crippen LogP contribution is 2.27. The van der Waals surface area contributed by atoms with E-state index in [1.54, 1.807) is 26.2 Å². The lowest BCUT2D eigenvalue weighted by atomic mass is 10.2. The molecule has 0 spiro atoms. The first-order valence-electron chi connectivity index (χ1n) is 8.10. The number of carbonyl (C=O) groups is 1. The smallest absolute Gasteiger partial charge is 0.267 e. The molecule has 138 valence electrons. The van der Waals surface area contributed by atoms with E-state index in [1.165, 1.54) is 6.21 Å². The Morgan fingerprint density at radius 1 is 1.27 bits per heavy atom. The number of nitrogens with one attached hydrogen (secondary N) is 1. The molecule has 26 heavy (non-hydrogen) atoms. The van der Waals surface area contributed by atoms with Crippen LogP contribution in [0.4, 0.5) is 5.69 Å². The SMILES string of the molecule is CCOc1ccc(/C=N/OC(C)C(=O)Nc2cccc(I)c2)cc1OC. The first kappa shape index (κ1) is 20.0. The summed E-state index contributed by atoms with van der Waals surface area (Å²) in [5.74, 6) is 1.01. The number of hydrogen-bond donors (Lipinski definition) is 1. The van der Waals surface area contributed by atoms with Gasteiger partial charge in [0.05, 0.1) is 19.9 Å². The van der Waals surface area contributed by atoms with Crippen LogP contribution in [0.3, 0.4) is 0 Å². The van der Waals surface area contributed by atoms with Crippen LogP contribution in [0.2, 0.25) is 0 Å². The summed E-state index contributed by atoms with van der Waals surface area (Å²) in [7, 11) is 1.58. The van der Waals surface area contributed by atoms with Crippen LogP contribution in [0, 0.1) is 3.57 Å². The number of halogens is 1. The van der Waals surface area contributed by atoms with Gasteiger partial charge in [-0.2, -0.15) is 0 Å². The Bertz CT molecular complexity index is 780. The monoisotopic (exact) mass is 468 g/mol. The number of oxime groups is 1. The van der Waals surface area contributed by atoms with Crippen LogP contribution in [0.5, 0.6) is 11.5 Å². The normalized spacial score (nSPS) is 11.8. The summed E-state index contributed by atoms with van der Waals surface area (Å²) in [6.07, 6.45) is 0.793. The molecule has 0 saturated carbocycles. The van der Waals surface area contributed by atoms with Gasteiger partial charge in [0.25, 0.3) is 5.91 Å². The number of benzene rings is 2. The first-order chi connectivity index (χ1) is 12.5. The van der Waals surface area contributed by atoms with E-state index in [0.717, 1.165) is 14.8 Å². The van der Waals surface area contributed by atoms with Crippen molar-refractivity contribution in [3.05, 3.63) is 51.6 Å². The van der Waals surface area contributed by atoms with E-state index in [2.05, 4.69) is 33.1 Å². The van der Waals surface area contributed by atoms with Crippen LogP contribution in [-0.4, -0.2) is 31.9 Å². The molecule has 0 radical (unpaired) electrons. The van der Waals surface area contributed by atoms with Crippen molar-refractivity contribution < 1.29 is 19.1 Å². The number of carbonyl (C=O) groups excluding carboxylic acids is 1. The van der Waals surface area contributed by atoms with Gasteiger partial charge >= 0.3 is 0 Å². The zero-order valence-corrected chi connectivity index (χ0v) is 17.0. The molecule has 2 aromatic rings. The van der Waals surface area contributed by atoms with Crippen molar-refractivity contribution in [2.75, 3.05) is 19.0 Å². The molecule has 0 aliphatic carbocycles. The largest absolute Gasteiger partial charge is 0.493 e. The number of anilines is 1. The lowest BCUT2D eigenvalue weighted by Crippen LogP contribution is -2.26. The molecular formula is C19H21IN2O4. The summed E-state index contributed by atoms with van der Waals surface area (Å²) in [5, 5.41) is 6.68. The minimum Gasteiger partial charge on any atom is -0.493 e. The molecule has 1 unspecified atom stereocenters. The van der Waals surface area contributed by atoms with Gasteiger partial charge in [0, 0.05) is 14.8 Å². The van der Waals surface area contributed by atoms with Crippen molar-refractivity contribution in [2.24, 2.45) is 5.16 Å². The van der Waals surface area contributed by atoms with Crippen LogP contribution in [0.25, 0.3) is 0 Å². The maximum atomic E-state index is 12.1. The zero-order chi connectivity index (χ0) is 18.9. The van der Waals surface area contributed by atoms with Gasteiger partial charge in [-0.3, -0.25) is 4.79 Å². The highest BCUT2D eigenvalue weighted by Gasteiger charge is 2.14. The molecule has 0 heterocycles. The summed E-state index contributed by atoms with van der Waals surface area (Å²) in [4.78, 5) is 17.4. The second-order valence-electron chi connectivity index (χ2n) is 5.33. The predicted molar refractivity (Wildman–Crippen MR) is 110 cm³/mol. The van der Waals surface area contributed by atoms with Gasteiger partial charge < -0.3 is 19.6 Å². The maximum Gasteiger partial charge on any atom is 0.267 e. The fourth-order valence-electron chi connectivity index (χ4n) is 2.08. The molecule has 0 aliphatic rings. The molecular weight excluding hydrogens is 447 g/mol. The summed E-state index contributed by atoms with van der Waals surface area (Å²) < 4.78 is 11.8. The standard InChI is InChI=1S/C19H21IN2O4/c1-4-25-17-9-8-14(10-18(17)24-3)12-21-26-13(2)19(23)22-16-7-5-6-15(20)11-16/h5-13H,4H2,1-3H3,(H,22,23)/b21-12+. The Hall–Kier alpha value is -2.29. The second kappa shape index (κ2) is 10.0. The van der Waals surface area contributed by atoms with Crippen LogP contribution in [-0.2, 0) is 9.63 Å². The third kappa shape index (κ3) is 5.91. The average Bonchev–Trinajstić information content (AvgIpc) is 2.62. The number of nitrogens with zero attached hydrogens (tertiary/aromatic N) is 1. The lowest BCUT2D eigenvalue weighted by Gasteiger charge is -2.11. The third-order valence-electron chi connectivity index (χ3n) is 3.37. The number of rotatable bonds is 8. The molecule has 6 nitrogen and oxygen atoms in total. The van der Waals surface area contributed by atoms with E-state index in [4.69, 9.17) is 14.3 Å². The Balaban J connectivity index is 1.93. The van der Waals surface area contributed by atoms with Crippen LogP contribution < -0.4 is 14.8 Å². The van der Waals surface area contributed by atoms with Gasteiger partial charge in [-0.25, -0.2) is 0 Å². The molecule has 1 amide bonds. The summed E-state index contributed by atoms with van der Waals surface area (Å²) in [5.41, 5.74) is 1.49. The zero-order valence-electron chi connectivity index (χ0n) is 14.9. The highest BCUT2D eigenvalue weighted by molar-refractivity contribution is 14.1. The predicted octanol–water partition coefficient (Wildman–Crippen LogP) is 4.08. The average molecular weight is 468 g/mol. The lowest BCUT2D eigenvalue weighted by molar-refractivity contribution is -0.126. The number of hydrogen-bond acceptors (Lipinski definition) is 5. The molecule has 1 N–H and O–H groups in total. The quantitative estimate of drug-likeness (QED) is 0.360. The van der Waals surface area contributed by atoms with Gasteiger partial charge in [0.15, 0.2) is 11.5 Å². The summed E-state index contributed by atoms with van der Waals surface area (Å²) in [6.45, 7) is 4.10. The maximum absolute atomic E-state index is 12.1. The number of ether oxygens (including phenoxy) is 2. The topological polar surface area (TPSA) is 69.2 Å². The molecule has 1 atom stereocenters. The van der Waals surface area contributed by atoms with Gasteiger partial charge in [-0.15, -0.1) is 0 Å². The van der Waals surface area contributed by atoms with Crippen molar-refractivity contribution in [3.8, 4) is 11.5 Å². The molecule has 0 aliphatic heterocycles. The van der Waals surface area contributed by atoms with Crippen LogP contribution in [0.1, 0.15) is 19.4 Å². The number of amides is 1. The minimum absolute atomic E-state index is 0.270. The molecule has 0 aromatic heterocycles. The van der Waals surface area contributed by atoms with E-state index in [9.17, 15) is 4.79 Å². The van der Waals surface area contributed by atoms with Gasteiger partial charge in [-0.1, -0.05) is 11.2 Å². The van der Waals surface area contributed by atoms with Gasteiger partial charge in [0.2, 0.25) is 6.10 Å². The fourth-order valence-corrected chi connectivity index (χ4v) is 2.62. The summed E-state index contributed by atoms with van der Waals surface area (Å²) >= 11 is 2.19. The van der Waals surface area contributed by atoms with Crippen molar-refractivity contribution in [1.29, 1.82) is 0 Å². The second-order valence-corrected chi connectivity index (χ2v) is 6.57. The Kier molecular flexibility index (Phi) is 7.71. The Morgan fingerprint density at radius 2 is 2.08 bits per heavy atom. The molecule has 0 bridgehead atoms. The third-order valence-corrected chi connectivity index (χ3v) is 4.04. The van der Waals surface area contributed by atoms with E-state index in [-0.39, 0.29) is 5.91 Å². The van der Waals surface area contributed by atoms with E-state index in [0.29, 0.717) is 18.1 Å². The van der Waals surface area contributed by atoms with Gasteiger partial charge in [-0.05, 0) is 72.8 Å². The van der Waals surface area contributed by atoms with Crippen LogP contribution >= 0.6 is 22.6 Å².